The summed E-state index contributed by atoms with van der Waals surface area (Å²) in [7, 11) is -3.53. The topological polar surface area (TPSA) is 94.5 Å². The number of para-hydroxylation sites is 1. The lowest BCUT2D eigenvalue weighted by atomic mass is 10.0. The molecule has 0 saturated carbocycles. The number of pyridine rings is 1. The first-order chi connectivity index (χ1) is 16.1. The molecule has 8 heteroatoms. The fourth-order valence-electron chi connectivity index (χ4n) is 3.49. The van der Waals surface area contributed by atoms with Gasteiger partial charge >= 0.3 is 5.91 Å². The Hall–Kier alpha value is -3.83. The van der Waals surface area contributed by atoms with Gasteiger partial charge in [-0.1, -0.05) is 25.1 Å². The monoisotopic (exact) mass is 478 g/mol. The molecule has 0 spiro atoms. The number of benzene rings is 2. The van der Waals surface area contributed by atoms with Crippen molar-refractivity contribution in [3.8, 4) is 35.0 Å². The second-order valence-electron chi connectivity index (χ2n) is 7.77. The summed E-state index contributed by atoms with van der Waals surface area (Å²) >= 11 is 0. The number of anilines is 1. The third-order valence-electron chi connectivity index (χ3n) is 5.38. The molecule has 0 aliphatic rings. The van der Waals surface area contributed by atoms with E-state index in [1.54, 1.807) is 31.2 Å². The summed E-state index contributed by atoms with van der Waals surface area (Å²) in [5.74, 6) is 2.18. The molecule has 34 heavy (non-hydrogen) atoms. The third-order valence-corrected chi connectivity index (χ3v) is 6.69. The zero-order valence-corrected chi connectivity index (χ0v) is 20.3. The highest BCUT2D eigenvalue weighted by Gasteiger charge is 2.17. The highest BCUT2D eigenvalue weighted by molar-refractivity contribution is 7.92. The van der Waals surface area contributed by atoms with Crippen LogP contribution in [0.5, 0.6) is 11.5 Å². The first-order valence-corrected chi connectivity index (χ1v) is 12.4. The number of carbonyl (C=O) groups is 1. The number of aromatic nitrogens is 1. The molecule has 0 aliphatic carbocycles. The van der Waals surface area contributed by atoms with E-state index in [0.29, 0.717) is 40.3 Å². The molecular formula is C26H26N2O5S. The molecule has 3 aromatic rings. The van der Waals surface area contributed by atoms with Crippen LogP contribution in [0.3, 0.4) is 0 Å². The van der Waals surface area contributed by atoms with Crippen molar-refractivity contribution in [3.63, 3.8) is 0 Å². The van der Waals surface area contributed by atoms with Gasteiger partial charge in [0.15, 0.2) is 0 Å². The lowest BCUT2D eigenvalue weighted by Crippen LogP contribution is -2.28. The number of hydrogen-bond donors (Lipinski definition) is 1. The number of terminal acetylenes is 1. The Labute approximate surface area is 199 Å². The molecule has 0 bridgehead atoms. The molecule has 0 unspecified atom stereocenters. The predicted octanol–water partition coefficient (Wildman–Crippen LogP) is 4.52. The van der Waals surface area contributed by atoms with Gasteiger partial charge in [-0.3, -0.25) is 14.3 Å². The van der Waals surface area contributed by atoms with Gasteiger partial charge in [0.1, 0.15) is 11.5 Å². The Morgan fingerprint density at radius 3 is 2.38 bits per heavy atom. The summed E-state index contributed by atoms with van der Waals surface area (Å²) in [6.07, 6.45) is 7.00. The maximum atomic E-state index is 12.7. The quantitative estimate of drug-likeness (QED) is 0.504. The summed E-state index contributed by atoms with van der Waals surface area (Å²) in [5, 5.41) is 0. The number of carbonyl (C=O) groups excluding carboxylic acids is 1. The second kappa shape index (κ2) is 9.98. The van der Waals surface area contributed by atoms with Crippen molar-refractivity contribution in [1.82, 2.24) is 4.57 Å². The van der Waals surface area contributed by atoms with Gasteiger partial charge in [0, 0.05) is 28.6 Å². The second-order valence-corrected chi connectivity index (χ2v) is 9.78. The van der Waals surface area contributed by atoms with Crippen LogP contribution in [0.4, 0.5) is 5.69 Å². The van der Waals surface area contributed by atoms with Crippen molar-refractivity contribution in [2.24, 2.45) is 0 Å². The van der Waals surface area contributed by atoms with Crippen LogP contribution in [-0.4, -0.2) is 24.6 Å². The molecule has 1 N–H and O–H groups in total. The number of nitrogens with zero attached hydrogens (tertiary/aromatic N) is 1. The van der Waals surface area contributed by atoms with E-state index in [0.717, 1.165) is 15.7 Å². The van der Waals surface area contributed by atoms with Crippen molar-refractivity contribution in [2.45, 2.75) is 34.1 Å². The van der Waals surface area contributed by atoms with E-state index in [2.05, 4.69) is 4.72 Å². The van der Waals surface area contributed by atoms with Gasteiger partial charge in [0.2, 0.25) is 10.0 Å². The van der Waals surface area contributed by atoms with Crippen molar-refractivity contribution >= 4 is 21.6 Å². The van der Waals surface area contributed by atoms with Crippen LogP contribution >= 0.6 is 0 Å². The number of sulfonamides is 1. The van der Waals surface area contributed by atoms with Gasteiger partial charge in [-0.25, -0.2) is 13.0 Å². The minimum atomic E-state index is -3.53. The van der Waals surface area contributed by atoms with Crippen LogP contribution in [0, 0.1) is 26.2 Å². The minimum Gasteiger partial charge on any atom is -0.456 e. The van der Waals surface area contributed by atoms with Crippen LogP contribution in [0.15, 0.2) is 53.5 Å². The van der Waals surface area contributed by atoms with E-state index >= 15 is 0 Å². The zero-order valence-electron chi connectivity index (χ0n) is 19.5. The highest BCUT2D eigenvalue weighted by Crippen LogP contribution is 2.38. The molecule has 176 valence electrons. The van der Waals surface area contributed by atoms with Crippen molar-refractivity contribution < 1.29 is 17.9 Å². The molecule has 0 fully saturated rings. The Morgan fingerprint density at radius 1 is 1.12 bits per heavy atom. The lowest BCUT2D eigenvalue weighted by molar-refractivity contribution is 0.0975. The average molecular weight is 479 g/mol. The predicted molar refractivity (Wildman–Crippen MR) is 134 cm³/mol. The van der Waals surface area contributed by atoms with Gasteiger partial charge in [-0.2, -0.15) is 0 Å². The first kappa shape index (κ1) is 24.8. The van der Waals surface area contributed by atoms with Crippen LogP contribution < -0.4 is 15.0 Å². The zero-order chi connectivity index (χ0) is 25.0. The molecule has 0 amide bonds. The number of rotatable bonds is 7. The van der Waals surface area contributed by atoms with Gasteiger partial charge in [-0.15, -0.1) is 6.42 Å². The van der Waals surface area contributed by atoms with Crippen LogP contribution in [0.25, 0.3) is 11.1 Å². The molecule has 1 heterocycles. The number of nitrogens with one attached hydrogen (secondary N) is 1. The van der Waals surface area contributed by atoms with Gasteiger partial charge in [0.05, 0.1) is 5.75 Å². The molecule has 1 aromatic heterocycles. The fourth-order valence-corrected chi connectivity index (χ4v) is 4.12. The molecule has 2 aromatic carbocycles. The van der Waals surface area contributed by atoms with Crippen LogP contribution in [-0.2, 0) is 16.4 Å². The van der Waals surface area contributed by atoms with Gasteiger partial charge in [0.25, 0.3) is 5.56 Å². The third kappa shape index (κ3) is 5.21. The maximum absolute atomic E-state index is 12.7. The average Bonchev–Trinajstić information content (AvgIpc) is 2.81. The molecule has 0 atom stereocenters. The molecular weight excluding hydrogens is 452 g/mol. The van der Waals surface area contributed by atoms with E-state index < -0.39 is 21.5 Å². The molecule has 0 saturated heterocycles. The van der Waals surface area contributed by atoms with E-state index in [1.165, 1.54) is 13.1 Å². The lowest BCUT2D eigenvalue weighted by Gasteiger charge is -2.17. The van der Waals surface area contributed by atoms with Crippen LogP contribution in [0.2, 0.25) is 0 Å². The fraction of sp³-hybridized carbons (Fsp3) is 0.231. The molecule has 7 nitrogen and oxygen atoms in total. The van der Waals surface area contributed by atoms with Gasteiger partial charge < -0.3 is 4.74 Å². The Morgan fingerprint density at radius 2 is 1.79 bits per heavy atom. The summed E-state index contributed by atoms with van der Waals surface area (Å²) in [5.41, 5.74) is 3.04. The van der Waals surface area contributed by atoms with Crippen molar-refractivity contribution in [3.05, 3.63) is 75.7 Å². The highest BCUT2D eigenvalue weighted by atomic mass is 32.2. The summed E-state index contributed by atoms with van der Waals surface area (Å²) in [6, 6.07) is 12.3. The first-order valence-electron chi connectivity index (χ1n) is 10.8. The SMILES string of the molecule is C#CC(=O)n1cc(-c2cc(NS(=O)(=O)CC)ccc2Oc2c(C)cccc2C)cc(CC)c1=O. The van der Waals surface area contributed by atoms with Crippen LogP contribution in [0.1, 0.15) is 35.3 Å². The Bertz CT molecular complexity index is 1440. The van der Waals surface area contributed by atoms with E-state index in [4.69, 9.17) is 11.2 Å². The standard InChI is InChI=1S/C26H26N2O5S/c1-6-19-14-20(16-28(26(19)30)24(29)7-2)22-15-21(27-34(31,32)8-3)12-13-23(22)33-25-17(4)10-9-11-18(25)5/h2,9-16,27H,6,8H2,1,3-5H3. The normalized spacial score (nSPS) is 11.0. The van der Waals surface area contributed by atoms with Gasteiger partial charge in [-0.05, 0) is 68.5 Å². The summed E-state index contributed by atoms with van der Waals surface area (Å²) in [4.78, 5) is 24.9. The number of ether oxygens (including phenoxy) is 1. The Kier molecular flexibility index (Phi) is 7.28. The smallest absolute Gasteiger partial charge is 0.309 e. The maximum Gasteiger partial charge on any atom is 0.309 e. The molecule has 0 aliphatic heterocycles. The van der Waals surface area contributed by atoms with E-state index in [1.807, 2.05) is 38.0 Å². The van der Waals surface area contributed by atoms with E-state index in [-0.39, 0.29) is 5.75 Å². The van der Waals surface area contributed by atoms with Crippen molar-refractivity contribution in [2.75, 3.05) is 10.5 Å². The minimum absolute atomic E-state index is 0.0927. The Balaban J connectivity index is 2.27. The molecule has 0 radical (unpaired) electrons. The summed E-state index contributed by atoms with van der Waals surface area (Å²) < 4.78 is 34.0. The van der Waals surface area contributed by atoms with Crippen molar-refractivity contribution in [1.29, 1.82) is 0 Å². The van der Waals surface area contributed by atoms with E-state index in [9.17, 15) is 18.0 Å². The number of aryl methyl sites for hydroxylation is 3. The molecule has 3 rings (SSSR count). The summed E-state index contributed by atoms with van der Waals surface area (Å²) in [6.45, 7) is 7.18. The largest absolute Gasteiger partial charge is 0.456 e. The number of hydrogen-bond acceptors (Lipinski definition) is 5.